The molecule has 0 aliphatic rings. The Kier molecular flexibility index (Phi) is 6.17. The van der Waals surface area contributed by atoms with Crippen molar-refractivity contribution in [3.63, 3.8) is 0 Å². The van der Waals surface area contributed by atoms with Crippen LogP contribution in [0.5, 0.6) is 0 Å². The number of carbonyl (C=O) groups excluding carboxylic acids is 2. The van der Waals surface area contributed by atoms with Crippen LogP contribution < -0.4 is 16.4 Å². The maximum atomic E-state index is 11.8. The smallest absolute Gasteiger partial charge is 0.251 e. The predicted molar refractivity (Wildman–Crippen MR) is 81.7 cm³/mol. The third kappa shape index (κ3) is 5.43. The highest BCUT2D eigenvalue weighted by Crippen LogP contribution is 2.12. The lowest BCUT2D eigenvalue weighted by Gasteiger charge is -2.25. The third-order valence-corrected chi connectivity index (χ3v) is 3.51. The molecule has 21 heavy (non-hydrogen) atoms. The molecule has 0 fully saturated rings. The van der Waals surface area contributed by atoms with E-state index < -0.39 is 5.60 Å². The molecular weight excluding hydrogens is 270 g/mol. The minimum Gasteiger partial charge on any atom is -0.399 e. The summed E-state index contributed by atoms with van der Waals surface area (Å²) < 4.78 is 0. The third-order valence-electron chi connectivity index (χ3n) is 3.51. The second-order valence-electron chi connectivity index (χ2n) is 5.01. The molecule has 1 rings (SSSR count). The molecule has 0 aliphatic heterocycles. The Bertz CT molecular complexity index is 481. The van der Waals surface area contributed by atoms with Crippen LogP contribution in [0.4, 0.5) is 5.69 Å². The maximum absolute atomic E-state index is 11.8. The fourth-order valence-corrected chi connectivity index (χ4v) is 1.72. The van der Waals surface area contributed by atoms with Gasteiger partial charge in [0.05, 0.1) is 12.1 Å². The summed E-state index contributed by atoms with van der Waals surface area (Å²) in [7, 11) is 0. The largest absolute Gasteiger partial charge is 0.399 e. The molecule has 0 heterocycles. The molecule has 1 aromatic rings. The maximum Gasteiger partial charge on any atom is 0.251 e. The van der Waals surface area contributed by atoms with Gasteiger partial charge in [-0.05, 0) is 37.1 Å². The van der Waals surface area contributed by atoms with Crippen molar-refractivity contribution < 1.29 is 14.7 Å². The average Bonchev–Trinajstić information content (AvgIpc) is 2.51. The lowest BCUT2D eigenvalue weighted by molar-refractivity contribution is -0.121. The minimum atomic E-state index is -0.892. The van der Waals surface area contributed by atoms with Crippen LogP contribution >= 0.6 is 0 Å². The molecule has 6 nitrogen and oxygen atoms in total. The first-order chi connectivity index (χ1) is 9.90. The van der Waals surface area contributed by atoms with Gasteiger partial charge in [0.15, 0.2) is 0 Å². The number of nitrogens with one attached hydrogen (secondary N) is 2. The summed E-state index contributed by atoms with van der Waals surface area (Å²) in [6.07, 6.45) is 1.11. The lowest BCUT2D eigenvalue weighted by atomic mass is 9.98. The van der Waals surface area contributed by atoms with Crippen molar-refractivity contribution in [2.75, 3.05) is 18.8 Å². The van der Waals surface area contributed by atoms with Crippen LogP contribution in [0.25, 0.3) is 0 Å². The van der Waals surface area contributed by atoms with Gasteiger partial charge in [0.25, 0.3) is 5.91 Å². The van der Waals surface area contributed by atoms with Crippen LogP contribution in [0.1, 0.15) is 37.0 Å². The second-order valence-corrected chi connectivity index (χ2v) is 5.01. The summed E-state index contributed by atoms with van der Waals surface area (Å²) in [5.74, 6) is -0.675. The molecule has 1 aromatic carbocycles. The van der Waals surface area contributed by atoms with Gasteiger partial charge in [0, 0.05) is 17.8 Å². The number of hydrogen-bond acceptors (Lipinski definition) is 4. The Morgan fingerprint density at radius 2 is 1.71 bits per heavy atom. The molecular formula is C15H23N3O3. The number of aliphatic hydroxyl groups is 1. The Hall–Kier alpha value is -2.08. The number of benzene rings is 1. The van der Waals surface area contributed by atoms with Gasteiger partial charge in [-0.15, -0.1) is 0 Å². The molecule has 6 heteroatoms. The van der Waals surface area contributed by atoms with E-state index in [0.29, 0.717) is 24.1 Å². The Labute approximate surface area is 124 Å². The van der Waals surface area contributed by atoms with Crippen molar-refractivity contribution >= 4 is 17.5 Å². The van der Waals surface area contributed by atoms with Gasteiger partial charge in [0.2, 0.25) is 5.91 Å². The fraction of sp³-hybridized carbons (Fsp3) is 0.467. The standard InChI is InChI=1S/C15H23N3O3/c1-3-15(21,4-2)10-18-13(19)9-17-14(20)11-5-7-12(16)8-6-11/h5-8,21H,3-4,9-10,16H2,1-2H3,(H,17,20)(H,18,19). The molecule has 116 valence electrons. The first kappa shape index (κ1) is 17.0. The zero-order chi connectivity index (χ0) is 15.9. The highest BCUT2D eigenvalue weighted by atomic mass is 16.3. The molecule has 0 saturated carbocycles. The quantitative estimate of drug-likeness (QED) is 0.554. The summed E-state index contributed by atoms with van der Waals surface area (Å²) >= 11 is 0. The molecule has 5 N–H and O–H groups in total. The van der Waals surface area contributed by atoms with Gasteiger partial charge in [0.1, 0.15) is 0 Å². The molecule has 0 aliphatic carbocycles. The van der Waals surface area contributed by atoms with Crippen molar-refractivity contribution in [3.8, 4) is 0 Å². The van der Waals surface area contributed by atoms with Gasteiger partial charge < -0.3 is 21.5 Å². The normalized spacial score (nSPS) is 11.0. The number of carbonyl (C=O) groups is 2. The van der Waals surface area contributed by atoms with Crippen molar-refractivity contribution in [2.45, 2.75) is 32.3 Å². The van der Waals surface area contributed by atoms with E-state index in [9.17, 15) is 14.7 Å². The second kappa shape index (κ2) is 7.64. The van der Waals surface area contributed by atoms with Crippen LogP contribution in [0.2, 0.25) is 0 Å². The van der Waals surface area contributed by atoms with E-state index in [1.54, 1.807) is 24.3 Å². The van der Waals surface area contributed by atoms with Crippen molar-refractivity contribution in [1.29, 1.82) is 0 Å². The number of rotatable bonds is 7. The van der Waals surface area contributed by atoms with Crippen LogP contribution in [0.3, 0.4) is 0 Å². The Balaban J connectivity index is 2.39. The average molecular weight is 293 g/mol. The van der Waals surface area contributed by atoms with E-state index in [4.69, 9.17) is 5.73 Å². The van der Waals surface area contributed by atoms with Gasteiger partial charge >= 0.3 is 0 Å². The van der Waals surface area contributed by atoms with E-state index in [-0.39, 0.29) is 24.9 Å². The molecule has 2 amide bonds. The van der Waals surface area contributed by atoms with Crippen LogP contribution in [-0.2, 0) is 4.79 Å². The number of nitrogens with two attached hydrogens (primary N) is 1. The number of hydrogen-bond donors (Lipinski definition) is 4. The summed E-state index contributed by atoms with van der Waals surface area (Å²) in [5.41, 5.74) is 5.66. The zero-order valence-corrected chi connectivity index (χ0v) is 12.5. The van der Waals surface area contributed by atoms with Gasteiger partial charge in [-0.1, -0.05) is 13.8 Å². The van der Waals surface area contributed by atoms with Gasteiger partial charge in [-0.3, -0.25) is 9.59 Å². The van der Waals surface area contributed by atoms with Crippen molar-refractivity contribution in [1.82, 2.24) is 10.6 Å². The first-order valence-corrected chi connectivity index (χ1v) is 7.03. The van der Waals surface area contributed by atoms with E-state index in [1.165, 1.54) is 0 Å². The summed E-state index contributed by atoms with van der Waals surface area (Å²) in [4.78, 5) is 23.4. The van der Waals surface area contributed by atoms with E-state index >= 15 is 0 Å². The predicted octanol–water partition coefficient (Wildman–Crippen LogP) is 0.666. The van der Waals surface area contributed by atoms with Crippen molar-refractivity contribution in [3.05, 3.63) is 29.8 Å². The number of nitrogen functional groups attached to an aromatic ring is 1. The molecule has 0 aromatic heterocycles. The number of amides is 2. The highest BCUT2D eigenvalue weighted by Gasteiger charge is 2.22. The van der Waals surface area contributed by atoms with E-state index in [2.05, 4.69) is 10.6 Å². The van der Waals surface area contributed by atoms with Crippen LogP contribution in [0.15, 0.2) is 24.3 Å². The highest BCUT2D eigenvalue weighted by molar-refractivity contribution is 5.96. The van der Waals surface area contributed by atoms with Crippen molar-refractivity contribution in [2.24, 2.45) is 0 Å². The zero-order valence-electron chi connectivity index (χ0n) is 12.5. The SMILES string of the molecule is CCC(O)(CC)CNC(=O)CNC(=O)c1ccc(N)cc1. The molecule has 0 spiro atoms. The lowest BCUT2D eigenvalue weighted by Crippen LogP contribution is -2.45. The van der Waals surface area contributed by atoms with E-state index in [1.807, 2.05) is 13.8 Å². The molecule has 0 saturated heterocycles. The summed E-state index contributed by atoms with van der Waals surface area (Å²) in [6, 6.07) is 6.43. The van der Waals surface area contributed by atoms with E-state index in [0.717, 1.165) is 0 Å². The summed E-state index contributed by atoms with van der Waals surface area (Å²) in [6.45, 7) is 3.76. The molecule has 0 bridgehead atoms. The molecule has 0 radical (unpaired) electrons. The fourth-order valence-electron chi connectivity index (χ4n) is 1.72. The minimum absolute atomic E-state index is 0.132. The number of anilines is 1. The van der Waals surface area contributed by atoms with Crippen LogP contribution in [-0.4, -0.2) is 35.6 Å². The van der Waals surface area contributed by atoms with Gasteiger partial charge in [-0.25, -0.2) is 0 Å². The Morgan fingerprint density at radius 1 is 1.14 bits per heavy atom. The first-order valence-electron chi connectivity index (χ1n) is 7.03. The van der Waals surface area contributed by atoms with Crippen LogP contribution in [0, 0.1) is 0 Å². The molecule has 0 unspecified atom stereocenters. The van der Waals surface area contributed by atoms with Gasteiger partial charge in [-0.2, -0.15) is 0 Å². The topological polar surface area (TPSA) is 104 Å². The Morgan fingerprint density at radius 3 is 2.24 bits per heavy atom. The summed E-state index contributed by atoms with van der Waals surface area (Å²) in [5, 5.41) is 15.2. The molecule has 0 atom stereocenters. The monoisotopic (exact) mass is 293 g/mol.